The maximum Gasteiger partial charge on any atom is 0.338 e. The van der Waals surface area contributed by atoms with Crippen LogP contribution in [0.1, 0.15) is 43.7 Å². The number of allylic oxidation sites excluding steroid dienone is 2. The van der Waals surface area contributed by atoms with Crippen molar-refractivity contribution in [2.75, 3.05) is 7.11 Å². The third-order valence-corrected chi connectivity index (χ3v) is 6.57. The van der Waals surface area contributed by atoms with Crippen LogP contribution in [0.4, 0.5) is 5.69 Å². The fourth-order valence-corrected chi connectivity index (χ4v) is 4.92. The van der Waals surface area contributed by atoms with Crippen molar-refractivity contribution in [2.24, 2.45) is 0 Å². The van der Waals surface area contributed by atoms with Crippen molar-refractivity contribution < 1.29 is 24.0 Å². The van der Waals surface area contributed by atoms with Gasteiger partial charge in [0.1, 0.15) is 0 Å². The highest BCUT2D eigenvalue weighted by Gasteiger charge is 2.39. The lowest BCUT2D eigenvalue weighted by molar-refractivity contribution is -0.384. The SMILES string of the molecule is COC(=O)C1=C(C)NC(C)=C(C(=O)O[C@H]2CCC(Cc3ccccc3)N2)[C@H]1c1cccc([N+](=O)[O-])c1. The van der Waals surface area contributed by atoms with Gasteiger partial charge in [0.25, 0.3) is 5.69 Å². The molecule has 0 radical (unpaired) electrons. The molecule has 0 spiro atoms. The van der Waals surface area contributed by atoms with Crippen LogP contribution in [-0.2, 0) is 25.5 Å². The number of nitrogens with one attached hydrogen (secondary N) is 2. The lowest BCUT2D eigenvalue weighted by atomic mass is 9.80. The highest BCUT2D eigenvalue weighted by Crippen LogP contribution is 2.40. The Bertz CT molecular complexity index is 1240. The molecule has 0 aliphatic carbocycles. The molecule has 0 bridgehead atoms. The number of methoxy groups -OCH3 is 1. The van der Waals surface area contributed by atoms with Crippen molar-refractivity contribution in [3.05, 3.63) is 98.4 Å². The molecule has 0 amide bonds. The summed E-state index contributed by atoms with van der Waals surface area (Å²) in [6.45, 7) is 3.42. The minimum Gasteiger partial charge on any atom is -0.466 e. The second-order valence-corrected chi connectivity index (χ2v) is 9.00. The van der Waals surface area contributed by atoms with Gasteiger partial charge in [0.15, 0.2) is 6.23 Å². The van der Waals surface area contributed by atoms with Crippen molar-refractivity contribution in [1.82, 2.24) is 10.6 Å². The summed E-state index contributed by atoms with van der Waals surface area (Å²) in [6, 6.07) is 16.2. The number of hydrogen-bond donors (Lipinski definition) is 2. The van der Waals surface area contributed by atoms with Crippen LogP contribution in [0.2, 0.25) is 0 Å². The fourth-order valence-electron chi connectivity index (χ4n) is 4.92. The monoisotopic (exact) mass is 491 g/mol. The van der Waals surface area contributed by atoms with E-state index in [1.54, 1.807) is 19.9 Å². The summed E-state index contributed by atoms with van der Waals surface area (Å²) < 4.78 is 10.9. The van der Waals surface area contributed by atoms with Gasteiger partial charge in [-0.15, -0.1) is 0 Å². The van der Waals surface area contributed by atoms with Gasteiger partial charge in [-0.1, -0.05) is 42.5 Å². The number of hydrogen-bond acceptors (Lipinski definition) is 8. The van der Waals surface area contributed by atoms with E-state index in [9.17, 15) is 19.7 Å². The van der Waals surface area contributed by atoms with Crippen molar-refractivity contribution in [3.8, 4) is 0 Å². The number of dihydropyridines is 1. The number of ether oxygens (including phenoxy) is 2. The minimum atomic E-state index is -0.882. The standard InChI is InChI=1S/C27H29N3O6/c1-16-23(26(31)35-3)25(19-10-7-11-21(15-19)30(33)34)24(17(2)28-16)27(32)36-22-13-12-20(29-22)14-18-8-5-4-6-9-18/h4-11,15,20,22,25,28-29H,12-14H2,1-3H3/t20?,22-,25-/m0/s1. The predicted octanol–water partition coefficient (Wildman–Crippen LogP) is 3.87. The zero-order valence-corrected chi connectivity index (χ0v) is 20.4. The molecule has 0 aromatic heterocycles. The smallest absolute Gasteiger partial charge is 0.338 e. The summed E-state index contributed by atoms with van der Waals surface area (Å²) in [5, 5.41) is 17.9. The molecule has 2 aromatic carbocycles. The van der Waals surface area contributed by atoms with Crippen LogP contribution in [0.3, 0.4) is 0 Å². The summed E-state index contributed by atoms with van der Waals surface area (Å²) >= 11 is 0. The third kappa shape index (κ3) is 5.31. The van der Waals surface area contributed by atoms with Crippen LogP contribution in [0.5, 0.6) is 0 Å². The molecule has 3 atom stereocenters. The average molecular weight is 492 g/mol. The quantitative estimate of drug-likeness (QED) is 0.340. The number of non-ortho nitro benzene ring substituents is 1. The van der Waals surface area contributed by atoms with Gasteiger partial charge >= 0.3 is 11.9 Å². The van der Waals surface area contributed by atoms with Gasteiger partial charge in [0.2, 0.25) is 0 Å². The second kappa shape index (κ2) is 10.7. The molecule has 36 heavy (non-hydrogen) atoms. The molecule has 2 aromatic rings. The molecule has 2 aliphatic rings. The van der Waals surface area contributed by atoms with Gasteiger partial charge < -0.3 is 14.8 Å². The Kier molecular flexibility index (Phi) is 7.49. The highest BCUT2D eigenvalue weighted by molar-refractivity contribution is 6.00. The molecule has 2 N–H and O–H groups in total. The van der Waals surface area contributed by atoms with Crippen LogP contribution in [-0.4, -0.2) is 36.2 Å². The maximum atomic E-state index is 13.5. The number of nitrogens with zero attached hydrogens (tertiary/aromatic N) is 1. The summed E-state index contributed by atoms with van der Waals surface area (Å²) in [5.74, 6) is -2.10. The highest BCUT2D eigenvalue weighted by atomic mass is 16.6. The number of carbonyl (C=O) groups excluding carboxylic acids is 2. The van der Waals surface area contributed by atoms with E-state index < -0.39 is 29.0 Å². The number of benzene rings is 2. The first-order valence-electron chi connectivity index (χ1n) is 11.8. The minimum absolute atomic E-state index is 0.139. The predicted molar refractivity (Wildman–Crippen MR) is 133 cm³/mol. The van der Waals surface area contributed by atoms with E-state index in [-0.39, 0.29) is 22.9 Å². The van der Waals surface area contributed by atoms with E-state index in [0.29, 0.717) is 23.4 Å². The number of rotatable bonds is 7. The number of nitro benzene ring substituents is 1. The van der Waals surface area contributed by atoms with Gasteiger partial charge in [-0.25, -0.2) is 9.59 Å². The molecular formula is C27H29N3O6. The van der Waals surface area contributed by atoms with Crippen molar-refractivity contribution in [1.29, 1.82) is 0 Å². The van der Waals surface area contributed by atoms with Crippen molar-refractivity contribution in [3.63, 3.8) is 0 Å². The molecule has 9 heteroatoms. The lowest BCUT2D eigenvalue weighted by Gasteiger charge is -2.30. The fraction of sp³-hybridized carbons (Fsp3) is 0.333. The normalized spacial score (nSPS) is 21.7. The Morgan fingerprint density at radius 3 is 2.36 bits per heavy atom. The first-order chi connectivity index (χ1) is 17.3. The molecule has 0 saturated carbocycles. The topological polar surface area (TPSA) is 120 Å². The molecule has 188 valence electrons. The molecular weight excluding hydrogens is 462 g/mol. The van der Waals surface area contributed by atoms with Crippen LogP contribution in [0.15, 0.2) is 77.1 Å². The number of nitro groups is 1. The maximum absolute atomic E-state index is 13.5. The Balaban J connectivity index is 1.60. The molecule has 4 rings (SSSR count). The Morgan fingerprint density at radius 1 is 1.00 bits per heavy atom. The molecule has 1 saturated heterocycles. The van der Waals surface area contributed by atoms with Crippen LogP contribution in [0.25, 0.3) is 0 Å². The molecule has 1 fully saturated rings. The first kappa shape index (κ1) is 25.1. The number of carbonyl (C=O) groups is 2. The van der Waals surface area contributed by atoms with Crippen LogP contribution >= 0.6 is 0 Å². The van der Waals surface area contributed by atoms with E-state index in [0.717, 1.165) is 12.8 Å². The van der Waals surface area contributed by atoms with Gasteiger partial charge in [0.05, 0.1) is 29.1 Å². The van der Waals surface area contributed by atoms with Gasteiger partial charge in [0, 0.05) is 29.6 Å². The second-order valence-electron chi connectivity index (χ2n) is 9.00. The zero-order valence-electron chi connectivity index (χ0n) is 20.4. The Hall–Kier alpha value is -3.98. The van der Waals surface area contributed by atoms with Gasteiger partial charge in [-0.3, -0.25) is 15.4 Å². The Morgan fingerprint density at radius 2 is 1.69 bits per heavy atom. The van der Waals surface area contributed by atoms with E-state index in [4.69, 9.17) is 9.47 Å². The summed E-state index contributed by atoms with van der Waals surface area (Å²) in [6.07, 6.45) is 1.85. The van der Waals surface area contributed by atoms with Crippen molar-refractivity contribution in [2.45, 2.75) is 51.3 Å². The number of esters is 2. The van der Waals surface area contributed by atoms with E-state index >= 15 is 0 Å². The zero-order chi connectivity index (χ0) is 25.8. The van der Waals surface area contributed by atoms with Crippen molar-refractivity contribution >= 4 is 17.6 Å². The Labute approximate surface area is 209 Å². The van der Waals surface area contributed by atoms with E-state index in [1.165, 1.54) is 30.9 Å². The summed E-state index contributed by atoms with van der Waals surface area (Å²) in [4.78, 5) is 37.2. The van der Waals surface area contributed by atoms with Crippen LogP contribution < -0.4 is 10.6 Å². The van der Waals surface area contributed by atoms with Crippen LogP contribution in [0, 0.1) is 10.1 Å². The van der Waals surface area contributed by atoms with Gasteiger partial charge in [-0.05, 0) is 44.2 Å². The van der Waals surface area contributed by atoms with E-state index in [2.05, 4.69) is 22.8 Å². The molecule has 1 unspecified atom stereocenters. The average Bonchev–Trinajstić information content (AvgIpc) is 3.30. The van der Waals surface area contributed by atoms with E-state index in [1.807, 2.05) is 18.2 Å². The third-order valence-electron chi connectivity index (χ3n) is 6.57. The largest absolute Gasteiger partial charge is 0.466 e. The first-order valence-corrected chi connectivity index (χ1v) is 11.8. The molecule has 2 heterocycles. The summed E-state index contributed by atoms with van der Waals surface area (Å²) in [7, 11) is 1.26. The lowest BCUT2D eigenvalue weighted by Crippen LogP contribution is -2.37. The molecule has 9 nitrogen and oxygen atoms in total. The summed E-state index contributed by atoms with van der Waals surface area (Å²) in [5.41, 5.74) is 2.94. The van der Waals surface area contributed by atoms with Gasteiger partial charge in [-0.2, -0.15) is 0 Å². The molecule has 2 aliphatic heterocycles.